The van der Waals surface area contributed by atoms with Gasteiger partial charge in [0.15, 0.2) is 5.16 Å². The van der Waals surface area contributed by atoms with Gasteiger partial charge in [0.05, 0.1) is 5.25 Å². The minimum Gasteiger partial charge on any atom is -0.372 e. The number of nitrogens with zero attached hydrogens (tertiary/aromatic N) is 4. The van der Waals surface area contributed by atoms with Crippen LogP contribution in [0.4, 0.5) is 11.4 Å². The van der Waals surface area contributed by atoms with Crippen LogP contribution >= 0.6 is 11.8 Å². The van der Waals surface area contributed by atoms with Gasteiger partial charge in [-0.3, -0.25) is 4.79 Å². The topological polar surface area (TPSA) is 63.1 Å². The Labute approximate surface area is 146 Å². The summed E-state index contributed by atoms with van der Waals surface area (Å²) in [6, 6.07) is 8.12. The van der Waals surface area contributed by atoms with E-state index in [9.17, 15) is 4.79 Å². The number of benzene rings is 1. The summed E-state index contributed by atoms with van der Waals surface area (Å²) in [6.45, 7) is 4.12. The molecule has 7 heteroatoms. The van der Waals surface area contributed by atoms with Gasteiger partial charge in [0.25, 0.3) is 0 Å². The standard InChI is InChI=1S/C17H23N5OS/c1-13(24-17-20-18-12-21(17)2)16(23)19-14-6-8-15(9-7-14)22-10-4-3-5-11-22/h6-9,12-13H,3-5,10-11H2,1-2H3,(H,19,23). The number of carbonyl (C=O) groups is 1. The van der Waals surface area contributed by atoms with Crippen molar-refractivity contribution in [2.75, 3.05) is 23.3 Å². The lowest BCUT2D eigenvalue weighted by molar-refractivity contribution is -0.115. The Balaban J connectivity index is 1.56. The van der Waals surface area contributed by atoms with Crippen molar-refractivity contribution in [2.45, 2.75) is 36.6 Å². The zero-order chi connectivity index (χ0) is 16.9. The van der Waals surface area contributed by atoms with Crippen molar-refractivity contribution in [3.8, 4) is 0 Å². The van der Waals surface area contributed by atoms with Gasteiger partial charge in [-0.1, -0.05) is 11.8 Å². The highest BCUT2D eigenvalue weighted by Gasteiger charge is 2.17. The molecule has 0 aliphatic carbocycles. The molecule has 2 aromatic rings. The summed E-state index contributed by atoms with van der Waals surface area (Å²) in [5.41, 5.74) is 2.06. The number of hydrogen-bond acceptors (Lipinski definition) is 5. The molecule has 1 aromatic heterocycles. The van der Waals surface area contributed by atoms with Gasteiger partial charge in [0.2, 0.25) is 5.91 Å². The second-order valence-corrected chi connectivity index (χ2v) is 7.38. The fraction of sp³-hybridized carbons (Fsp3) is 0.471. The largest absolute Gasteiger partial charge is 0.372 e. The van der Waals surface area contributed by atoms with Crippen LogP contribution in [0.2, 0.25) is 0 Å². The lowest BCUT2D eigenvalue weighted by atomic mass is 10.1. The summed E-state index contributed by atoms with van der Waals surface area (Å²) in [5.74, 6) is -0.0336. The third-order valence-electron chi connectivity index (χ3n) is 4.18. The van der Waals surface area contributed by atoms with Gasteiger partial charge in [-0.05, 0) is 50.5 Å². The van der Waals surface area contributed by atoms with E-state index in [1.54, 1.807) is 6.33 Å². The molecule has 1 N–H and O–H groups in total. The van der Waals surface area contributed by atoms with Crippen molar-refractivity contribution in [3.63, 3.8) is 0 Å². The maximum Gasteiger partial charge on any atom is 0.237 e. The van der Waals surface area contributed by atoms with Crippen LogP contribution in [0.5, 0.6) is 0 Å². The number of piperidine rings is 1. The Hall–Kier alpha value is -2.02. The number of amides is 1. The van der Waals surface area contributed by atoms with Gasteiger partial charge in [0, 0.05) is 31.5 Å². The number of aryl methyl sites for hydroxylation is 1. The third-order valence-corrected chi connectivity index (χ3v) is 5.33. The molecule has 1 unspecified atom stereocenters. The van der Waals surface area contributed by atoms with Crippen LogP contribution in [0.1, 0.15) is 26.2 Å². The lowest BCUT2D eigenvalue weighted by Gasteiger charge is -2.28. The molecule has 0 spiro atoms. The predicted molar refractivity (Wildman–Crippen MR) is 97.5 cm³/mol. The highest BCUT2D eigenvalue weighted by atomic mass is 32.2. The minimum absolute atomic E-state index is 0.0336. The van der Waals surface area contributed by atoms with Crippen LogP contribution in [0.15, 0.2) is 35.7 Å². The van der Waals surface area contributed by atoms with E-state index in [4.69, 9.17) is 0 Å². The molecule has 1 atom stereocenters. The first-order chi connectivity index (χ1) is 11.6. The zero-order valence-electron chi connectivity index (χ0n) is 14.1. The van der Waals surface area contributed by atoms with E-state index in [1.165, 1.54) is 36.7 Å². The normalized spacial score (nSPS) is 16.0. The highest BCUT2D eigenvalue weighted by Crippen LogP contribution is 2.24. The molecule has 1 fully saturated rings. The lowest BCUT2D eigenvalue weighted by Crippen LogP contribution is -2.29. The summed E-state index contributed by atoms with van der Waals surface area (Å²) in [6.07, 6.45) is 5.47. The van der Waals surface area contributed by atoms with Crippen molar-refractivity contribution in [1.29, 1.82) is 0 Å². The van der Waals surface area contributed by atoms with Crippen molar-refractivity contribution < 1.29 is 4.79 Å². The smallest absolute Gasteiger partial charge is 0.237 e. The van der Waals surface area contributed by atoms with E-state index in [2.05, 4.69) is 32.5 Å². The van der Waals surface area contributed by atoms with E-state index in [0.717, 1.165) is 23.9 Å². The molecule has 1 aliphatic heterocycles. The van der Waals surface area contributed by atoms with Crippen molar-refractivity contribution >= 4 is 29.0 Å². The number of hydrogen-bond donors (Lipinski definition) is 1. The molecule has 1 amide bonds. The molecule has 2 heterocycles. The Kier molecular flexibility index (Phi) is 5.40. The van der Waals surface area contributed by atoms with Gasteiger partial charge in [0.1, 0.15) is 6.33 Å². The number of nitrogens with one attached hydrogen (secondary N) is 1. The van der Waals surface area contributed by atoms with Crippen LogP contribution in [0, 0.1) is 0 Å². The first-order valence-corrected chi connectivity index (χ1v) is 9.18. The van der Waals surface area contributed by atoms with Crippen LogP contribution in [0.3, 0.4) is 0 Å². The van der Waals surface area contributed by atoms with E-state index in [1.807, 2.05) is 30.7 Å². The van der Waals surface area contributed by atoms with Crippen molar-refractivity contribution in [1.82, 2.24) is 14.8 Å². The Morgan fingerprint density at radius 3 is 2.54 bits per heavy atom. The molecule has 0 bridgehead atoms. The Morgan fingerprint density at radius 1 is 1.21 bits per heavy atom. The fourth-order valence-corrected chi connectivity index (χ4v) is 3.53. The zero-order valence-corrected chi connectivity index (χ0v) is 14.9. The minimum atomic E-state index is -0.241. The predicted octanol–water partition coefficient (Wildman–Crippen LogP) is 2.92. The summed E-state index contributed by atoms with van der Waals surface area (Å²) in [5, 5.41) is 11.3. The maximum atomic E-state index is 12.3. The second-order valence-electron chi connectivity index (χ2n) is 6.07. The molecular formula is C17H23N5OS. The molecular weight excluding hydrogens is 322 g/mol. The molecule has 1 saturated heterocycles. The number of rotatable bonds is 5. The number of anilines is 2. The van der Waals surface area contributed by atoms with E-state index in [0.29, 0.717) is 0 Å². The molecule has 0 radical (unpaired) electrons. The van der Waals surface area contributed by atoms with Gasteiger partial charge in [-0.25, -0.2) is 0 Å². The molecule has 3 rings (SSSR count). The molecule has 0 saturated carbocycles. The third kappa shape index (κ3) is 4.08. The van der Waals surface area contributed by atoms with Gasteiger partial charge >= 0.3 is 0 Å². The molecule has 24 heavy (non-hydrogen) atoms. The quantitative estimate of drug-likeness (QED) is 0.844. The molecule has 6 nitrogen and oxygen atoms in total. The van der Waals surface area contributed by atoms with Crippen LogP contribution in [-0.2, 0) is 11.8 Å². The van der Waals surface area contributed by atoms with E-state index in [-0.39, 0.29) is 11.2 Å². The highest BCUT2D eigenvalue weighted by molar-refractivity contribution is 8.00. The van der Waals surface area contributed by atoms with Crippen LogP contribution < -0.4 is 10.2 Å². The summed E-state index contributed by atoms with van der Waals surface area (Å²) < 4.78 is 1.81. The van der Waals surface area contributed by atoms with Crippen LogP contribution in [-0.4, -0.2) is 39.0 Å². The summed E-state index contributed by atoms with van der Waals surface area (Å²) in [4.78, 5) is 14.7. The second kappa shape index (κ2) is 7.70. The number of carbonyl (C=O) groups excluding carboxylic acids is 1. The maximum absolute atomic E-state index is 12.3. The Bertz CT molecular complexity index is 679. The number of thioether (sulfide) groups is 1. The van der Waals surface area contributed by atoms with E-state index < -0.39 is 0 Å². The molecule has 1 aliphatic rings. The van der Waals surface area contributed by atoms with Crippen LogP contribution in [0.25, 0.3) is 0 Å². The number of aromatic nitrogens is 3. The first kappa shape index (κ1) is 16.8. The van der Waals surface area contributed by atoms with Crippen molar-refractivity contribution in [3.05, 3.63) is 30.6 Å². The molecule has 1 aromatic carbocycles. The average Bonchev–Trinajstić information content (AvgIpc) is 3.01. The van der Waals surface area contributed by atoms with Gasteiger partial charge in [-0.15, -0.1) is 10.2 Å². The molecule has 128 valence electrons. The first-order valence-electron chi connectivity index (χ1n) is 8.30. The summed E-state index contributed by atoms with van der Waals surface area (Å²) >= 11 is 1.40. The van der Waals surface area contributed by atoms with Gasteiger partial charge in [-0.2, -0.15) is 0 Å². The average molecular weight is 345 g/mol. The fourth-order valence-electron chi connectivity index (χ4n) is 2.74. The Morgan fingerprint density at radius 2 is 1.92 bits per heavy atom. The van der Waals surface area contributed by atoms with Crippen molar-refractivity contribution in [2.24, 2.45) is 7.05 Å². The monoisotopic (exact) mass is 345 g/mol. The SMILES string of the molecule is CC(Sc1nncn1C)C(=O)Nc1ccc(N2CCCCC2)cc1. The van der Waals surface area contributed by atoms with Gasteiger partial charge < -0.3 is 14.8 Å². The summed E-state index contributed by atoms with van der Waals surface area (Å²) in [7, 11) is 1.87. The van der Waals surface area contributed by atoms with E-state index >= 15 is 0 Å².